The molecule has 1 aromatic carbocycles. The van der Waals surface area contributed by atoms with E-state index in [2.05, 4.69) is 39.2 Å². The second kappa shape index (κ2) is 14.1. The molecule has 0 radical (unpaired) electrons. The van der Waals surface area contributed by atoms with Gasteiger partial charge >= 0.3 is 0 Å². The van der Waals surface area contributed by atoms with Crippen molar-refractivity contribution in [2.45, 2.75) is 18.5 Å². The molecule has 0 fully saturated rings. The Hall–Kier alpha value is -2.92. The molecule has 0 heterocycles. The summed E-state index contributed by atoms with van der Waals surface area (Å²) < 4.78 is 0. The maximum atomic E-state index is 11.9. The summed E-state index contributed by atoms with van der Waals surface area (Å²) in [6, 6.07) is 7.96. The maximum absolute atomic E-state index is 11.9. The fourth-order valence-electron chi connectivity index (χ4n) is 2.34. The molecule has 4 amide bonds. The molecule has 0 saturated carbocycles. The highest BCUT2D eigenvalue weighted by Gasteiger charge is 2.16. The number of benzene rings is 1. The number of amides is 4. The minimum absolute atomic E-state index is 0.269. The van der Waals surface area contributed by atoms with E-state index in [4.69, 9.17) is 0 Å². The predicted octanol–water partition coefficient (Wildman–Crippen LogP) is -2.22. The number of carbonyl (C=O) groups excluding carboxylic acids is 5. The highest BCUT2D eigenvalue weighted by Crippen LogP contribution is 2.01. The Morgan fingerprint density at radius 3 is 2.03 bits per heavy atom. The first-order valence-corrected chi connectivity index (χ1v) is 9.90. The molecule has 0 bridgehead atoms. The van der Waals surface area contributed by atoms with Gasteiger partial charge < -0.3 is 31.4 Å². The minimum atomic E-state index is -0.709. The van der Waals surface area contributed by atoms with Gasteiger partial charge in [0.2, 0.25) is 23.6 Å². The Bertz CT molecular complexity index is 727. The van der Waals surface area contributed by atoms with Gasteiger partial charge in [0.25, 0.3) is 0 Å². The van der Waals surface area contributed by atoms with Gasteiger partial charge in [-0.05, 0) is 19.0 Å². The summed E-state index contributed by atoms with van der Waals surface area (Å²) >= 11 is 4.01. The molecule has 164 valence electrons. The van der Waals surface area contributed by atoms with Crippen LogP contribution in [0.5, 0.6) is 0 Å². The van der Waals surface area contributed by atoms with Crippen LogP contribution in [0.4, 0.5) is 0 Å². The van der Waals surface area contributed by atoms with Crippen molar-refractivity contribution in [1.29, 1.82) is 0 Å². The zero-order valence-corrected chi connectivity index (χ0v) is 17.5. The van der Waals surface area contributed by atoms with Crippen LogP contribution >= 0.6 is 12.6 Å². The molecule has 2 atom stereocenters. The molecule has 0 aliphatic rings. The molecule has 0 aliphatic carbocycles. The molecule has 5 N–H and O–H groups in total. The third kappa shape index (κ3) is 10.0. The number of likely N-dealkylation sites (N-methyl/N-ethyl adjacent to an activating group) is 1. The first-order chi connectivity index (χ1) is 14.4. The summed E-state index contributed by atoms with van der Waals surface area (Å²) in [6.07, 6.45) is 0.973. The molecule has 1 aromatic rings. The van der Waals surface area contributed by atoms with Crippen molar-refractivity contribution in [2.24, 2.45) is 0 Å². The number of hydrogen-bond donors (Lipinski definition) is 6. The quantitative estimate of drug-likeness (QED) is 0.152. The number of thiol groups is 1. The fraction of sp³-hybridized carbons (Fsp3) is 0.421. The van der Waals surface area contributed by atoms with E-state index in [9.17, 15) is 24.0 Å². The third-order valence-corrected chi connectivity index (χ3v) is 4.34. The van der Waals surface area contributed by atoms with Crippen molar-refractivity contribution >= 4 is 42.5 Å². The normalized spacial score (nSPS) is 12.2. The molecule has 0 aliphatic heterocycles. The van der Waals surface area contributed by atoms with Crippen LogP contribution in [0, 0.1) is 0 Å². The van der Waals surface area contributed by atoms with Crippen molar-refractivity contribution in [3.05, 3.63) is 35.9 Å². The van der Waals surface area contributed by atoms with E-state index in [1.807, 2.05) is 30.3 Å². The van der Waals surface area contributed by atoms with Gasteiger partial charge in [-0.15, -0.1) is 0 Å². The van der Waals surface area contributed by atoms with Crippen LogP contribution in [0.3, 0.4) is 0 Å². The summed E-state index contributed by atoms with van der Waals surface area (Å²) in [6.45, 7) is -0.986. The molecular weight excluding hydrogens is 410 g/mol. The number of carbonyl (C=O) groups is 5. The second-order valence-corrected chi connectivity index (χ2v) is 6.66. The Kier molecular flexibility index (Phi) is 11.8. The van der Waals surface area contributed by atoms with E-state index in [0.29, 0.717) is 12.7 Å². The molecule has 0 aromatic heterocycles. The maximum Gasteiger partial charge on any atom is 0.239 e. The third-order valence-electron chi connectivity index (χ3n) is 3.97. The van der Waals surface area contributed by atoms with Gasteiger partial charge in [-0.1, -0.05) is 30.3 Å². The van der Waals surface area contributed by atoms with Gasteiger partial charge in [-0.2, -0.15) is 12.6 Å². The average molecular weight is 438 g/mol. The van der Waals surface area contributed by atoms with Crippen molar-refractivity contribution < 1.29 is 24.0 Å². The van der Waals surface area contributed by atoms with Crippen LogP contribution in [0.15, 0.2) is 30.3 Å². The number of aldehydes is 1. The highest BCUT2D eigenvalue weighted by molar-refractivity contribution is 7.80. The SMILES string of the molecule is CN[C@@H](CS)C(=O)NCC(=O)NCC(=O)NCC(=O)N[C@H](C=O)Cc1ccccc1. The largest absolute Gasteiger partial charge is 0.346 e. The van der Waals surface area contributed by atoms with Crippen LogP contribution in [0.1, 0.15) is 5.56 Å². The lowest BCUT2D eigenvalue weighted by atomic mass is 10.1. The first kappa shape index (κ1) is 25.1. The van der Waals surface area contributed by atoms with Gasteiger partial charge in [0.1, 0.15) is 6.29 Å². The van der Waals surface area contributed by atoms with Gasteiger partial charge in [-0.25, -0.2) is 0 Å². The second-order valence-electron chi connectivity index (χ2n) is 6.29. The molecule has 11 heteroatoms. The molecule has 1 rings (SSSR count). The number of hydrogen-bond acceptors (Lipinski definition) is 7. The number of nitrogens with one attached hydrogen (secondary N) is 5. The zero-order chi connectivity index (χ0) is 22.4. The average Bonchev–Trinajstić information content (AvgIpc) is 2.75. The molecule has 30 heavy (non-hydrogen) atoms. The van der Waals surface area contributed by atoms with Crippen molar-refractivity contribution in [3.63, 3.8) is 0 Å². The van der Waals surface area contributed by atoms with E-state index < -0.39 is 29.8 Å². The topological polar surface area (TPSA) is 146 Å². The summed E-state index contributed by atoms with van der Waals surface area (Å²) in [7, 11) is 1.60. The lowest BCUT2D eigenvalue weighted by Gasteiger charge is -2.14. The van der Waals surface area contributed by atoms with Gasteiger partial charge in [0.15, 0.2) is 0 Å². The lowest BCUT2D eigenvalue weighted by Crippen LogP contribution is -2.49. The Morgan fingerprint density at radius 1 is 0.933 bits per heavy atom. The van der Waals surface area contributed by atoms with Crippen molar-refractivity contribution in [1.82, 2.24) is 26.6 Å². The molecular formula is C19H27N5O5S. The summed E-state index contributed by atoms with van der Waals surface area (Å²) in [4.78, 5) is 58.2. The van der Waals surface area contributed by atoms with E-state index in [1.165, 1.54) is 0 Å². The fourth-order valence-corrected chi connectivity index (χ4v) is 2.69. The summed E-state index contributed by atoms with van der Waals surface area (Å²) in [5.74, 6) is -1.78. The molecule has 0 spiro atoms. The van der Waals surface area contributed by atoms with Crippen LogP contribution in [-0.4, -0.2) is 74.4 Å². The Balaban J connectivity index is 2.26. The monoisotopic (exact) mass is 437 g/mol. The van der Waals surface area contributed by atoms with Gasteiger partial charge in [-0.3, -0.25) is 19.2 Å². The van der Waals surface area contributed by atoms with Crippen LogP contribution in [0.25, 0.3) is 0 Å². The van der Waals surface area contributed by atoms with Crippen LogP contribution < -0.4 is 26.6 Å². The minimum Gasteiger partial charge on any atom is -0.346 e. The smallest absolute Gasteiger partial charge is 0.239 e. The first-order valence-electron chi connectivity index (χ1n) is 9.27. The van der Waals surface area contributed by atoms with Crippen molar-refractivity contribution in [2.75, 3.05) is 32.4 Å². The molecule has 0 unspecified atom stereocenters. The lowest BCUT2D eigenvalue weighted by molar-refractivity contribution is -0.129. The van der Waals surface area contributed by atoms with E-state index in [1.54, 1.807) is 7.05 Å². The summed E-state index contributed by atoms with van der Waals surface area (Å²) in [5, 5.41) is 12.3. The van der Waals surface area contributed by atoms with Crippen LogP contribution in [-0.2, 0) is 30.4 Å². The molecule has 10 nitrogen and oxygen atoms in total. The van der Waals surface area contributed by atoms with E-state index in [0.717, 1.165) is 5.56 Å². The Morgan fingerprint density at radius 2 is 1.50 bits per heavy atom. The highest BCUT2D eigenvalue weighted by atomic mass is 32.1. The standard InChI is InChI=1S/C19H27N5O5S/c1-20-15(12-30)19(29)23-9-17(27)21-8-16(26)22-10-18(28)24-14(11-25)7-13-5-3-2-4-6-13/h2-6,11,14-15,20,30H,7-10,12H2,1H3,(H,21,27)(H,22,26)(H,23,29)(H,24,28)/t14-,15-/m0/s1. The van der Waals surface area contributed by atoms with Crippen LogP contribution in [0.2, 0.25) is 0 Å². The van der Waals surface area contributed by atoms with Gasteiger partial charge in [0, 0.05) is 5.75 Å². The summed E-state index contributed by atoms with van der Waals surface area (Å²) in [5.41, 5.74) is 0.893. The van der Waals surface area contributed by atoms with Gasteiger partial charge in [0.05, 0.1) is 31.7 Å². The number of rotatable bonds is 13. The van der Waals surface area contributed by atoms with Crippen molar-refractivity contribution in [3.8, 4) is 0 Å². The Labute approximate surface area is 180 Å². The predicted molar refractivity (Wildman–Crippen MR) is 114 cm³/mol. The van der Waals surface area contributed by atoms with E-state index >= 15 is 0 Å². The van der Waals surface area contributed by atoms with E-state index in [-0.39, 0.29) is 31.3 Å². The zero-order valence-electron chi connectivity index (χ0n) is 16.6. The molecule has 0 saturated heterocycles.